The third-order valence-corrected chi connectivity index (χ3v) is 3.20. The Morgan fingerprint density at radius 2 is 2.13 bits per heavy atom. The number of carbonyl (C=O) groups is 1. The number of esters is 1. The molecule has 0 saturated heterocycles. The number of carbonyl (C=O) groups excluding carboxylic acids is 1. The fraction of sp³-hybridized carbons (Fsp3) is 0.100. The molecule has 1 aromatic rings. The average Bonchev–Trinajstić information content (AvgIpc) is 2.26. The topological polar surface area (TPSA) is 43.4 Å². The largest absolute Gasteiger partial charge is 0.466 e. The molecule has 0 fully saturated rings. The average molecular weight is 245 g/mol. The zero-order valence-corrected chi connectivity index (χ0v) is 9.55. The lowest BCUT2D eigenvalue weighted by Gasteiger charge is -1.98. The monoisotopic (exact) mass is 244 g/mol. The van der Waals surface area contributed by atoms with Gasteiger partial charge in [0.25, 0.3) is 0 Å². The molecule has 1 rings (SSSR count). The summed E-state index contributed by atoms with van der Waals surface area (Å²) in [6.45, 7) is 0. The maximum atomic E-state index is 11.6. The van der Waals surface area contributed by atoms with Gasteiger partial charge in [0.2, 0.25) is 0 Å². The van der Waals surface area contributed by atoms with Crippen molar-refractivity contribution >= 4 is 28.4 Å². The second-order valence-electron chi connectivity index (χ2n) is 2.55. The Morgan fingerprint density at radius 1 is 1.47 bits per heavy atom. The first-order valence-corrected chi connectivity index (χ1v) is 5.65. The molecule has 0 aliphatic heterocycles. The number of hydrogen-bond donors (Lipinski definition) is 0. The molecule has 0 amide bonds. The van der Waals surface area contributed by atoms with Crippen molar-refractivity contribution in [1.29, 1.82) is 0 Å². The van der Waals surface area contributed by atoms with Gasteiger partial charge in [0.05, 0.1) is 27.8 Å². The van der Waals surface area contributed by atoms with E-state index in [4.69, 9.17) is 11.6 Å². The van der Waals surface area contributed by atoms with Crippen LogP contribution < -0.4 is 0 Å². The lowest BCUT2D eigenvalue weighted by Crippen LogP contribution is -1.95. The Bertz CT molecular complexity index is 415. The Balaban J connectivity index is 2.83. The van der Waals surface area contributed by atoms with Crippen LogP contribution >= 0.6 is 11.6 Å². The van der Waals surface area contributed by atoms with Crippen LogP contribution in [0.2, 0.25) is 5.02 Å². The van der Waals surface area contributed by atoms with Gasteiger partial charge in [-0.25, -0.2) is 9.00 Å². The van der Waals surface area contributed by atoms with Crippen LogP contribution in [0.3, 0.4) is 0 Å². The number of methoxy groups -OCH3 is 1. The van der Waals surface area contributed by atoms with Crippen LogP contribution in [-0.4, -0.2) is 17.3 Å². The quantitative estimate of drug-likeness (QED) is 0.604. The molecule has 1 unspecified atom stereocenters. The molecule has 1 aromatic carbocycles. The molecule has 0 aromatic heterocycles. The standard InChI is InChI=1S/C10H9ClO3S/c1-14-10(12)6-7-15(13)9-5-3-2-4-8(9)11/h2-7H,1H3/b7-6+. The molecule has 0 bridgehead atoms. The van der Waals surface area contributed by atoms with E-state index in [0.29, 0.717) is 9.92 Å². The highest BCUT2D eigenvalue weighted by Crippen LogP contribution is 2.19. The fourth-order valence-electron chi connectivity index (χ4n) is 0.867. The van der Waals surface area contributed by atoms with Crippen LogP contribution in [-0.2, 0) is 20.3 Å². The Hall–Kier alpha value is -1.13. The van der Waals surface area contributed by atoms with E-state index in [1.807, 2.05) is 0 Å². The predicted molar refractivity (Wildman–Crippen MR) is 59.0 cm³/mol. The number of rotatable bonds is 3. The first-order chi connectivity index (χ1) is 7.15. The second-order valence-corrected chi connectivity index (χ2v) is 4.27. The van der Waals surface area contributed by atoms with Crippen molar-refractivity contribution in [3.8, 4) is 0 Å². The molecular formula is C10H9ClO3S. The van der Waals surface area contributed by atoms with Gasteiger partial charge >= 0.3 is 5.97 Å². The van der Waals surface area contributed by atoms with Crippen molar-refractivity contribution in [2.45, 2.75) is 4.90 Å². The summed E-state index contributed by atoms with van der Waals surface area (Å²) in [5.41, 5.74) is 0. The minimum atomic E-state index is -1.43. The van der Waals surface area contributed by atoms with Crippen molar-refractivity contribution < 1.29 is 13.7 Å². The molecule has 80 valence electrons. The van der Waals surface area contributed by atoms with Crippen LogP contribution in [0.5, 0.6) is 0 Å². The van der Waals surface area contributed by atoms with Gasteiger partial charge in [-0.1, -0.05) is 23.7 Å². The molecule has 0 heterocycles. The molecular weight excluding hydrogens is 236 g/mol. The Labute approximate surface area is 95.2 Å². The molecule has 0 aliphatic rings. The zero-order chi connectivity index (χ0) is 11.3. The third kappa shape index (κ3) is 3.49. The minimum absolute atomic E-state index is 0.408. The Morgan fingerprint density at radius 3 is 2.73 bits per heavy atom. The van der Waals surface area contributed by atoms with Crippen LogP contribution in [0.25, 0.3) is 0 Å². The van der Waals surface area contributed by atoms with E-state index < -0.39 is 16.8 Å². The van der Waals surface area contributed by atoms with Crippen molar-refractivity contribution in [3.05, 3.63) is 40.8 Å². The van der Waals surface area contributed by atoms with E-state index in [1.165, 1.54) is 12.5 Å². The van der Waals surface area contributed by atoms with E-state index in [-0.39, 0.29) is 0 Å². The molecule has 5 heteroatoms. The summed E-state index contributed by atoms with van der Waals surface area (Å²) in [5.74, 6) is -0.546. The number of halogens is 1. The normalized spacial score (nSPS) is 12.7. The maximum absolute atomic E-state index is 11.6. The van der Waals surface area contributed by atoms with Crippen LogP contribution in [0, 0.1) is 0 Å². The lowest BCUT2D eigenvalue weighted by atomic mass is 10.4. The van der Waals surface area contributed by atoms with Gasteiger partial charge in [0.15, 0.2) is 0 Å². The summed E-state index contributed by atoms with van der Waals surface area (Å²) < 4.78 is 16.0. The van der Waals surface area contributed by atoms with Gasteiger partial charge in [-0.2, -0.15) is 0 Å². The SMILES string of the molecule is COC(=O)/C=C/S(=O)c1ccccc1Cl. The molecule has 0 radical (unpaired) electrons. The van der Waals surface area contributed by atoms with E-state index in [2.05, 4.69) is 4.74 Å². The summed E-state index contributed by atoms with van der Waals surface area (Å²) in [6.07, 6.45) is 1.11. The lowest BCUT2D eigenvalue weighted by molar-refractivity contribution is -0.134. The van der Waals surface area contributed by atoms with E-state index >= 15 is 0 Å². The molecule has 0 spiro atoms. The van der Waals surface area contributed by atoms with Crippen molar-refractivity contribution in [2.24, 2.45) is 0 Å². The highest BCUT2D eigenvalue weighted by Gasteiger charge is 2.04. The third-order valence-electron chi connectivity index (χ3n) is 1.58. The molecule has 0 aliphatic carbocycles. The summed E-state index contributed by atoms with van der Waals surface area (Å²) >= 11 is 5.83. The highest BCUT2D eigenvalue weighted by molar-refractivity contribution is 7.88. The minimum Gasteiger partial charge on any atom is -0.466 e. The maximum Gasteiger partial charge on any atom is 0.331 e. The first-order valence-electron chi connectivity index (χ1n) is 4.06. The van der Waals surface area contributed by atoms with Gasteiger partial charge in [0.1, 0.15) is 0 Å². The van der Waals surface area contributed by atoms with Gasteiger partial charge in [-0.05, 0) is 12.1 Å². The Kier molecular flexibility index (Phi) is 4.52. The summed E-state index contributed by atoms with van der Waals surface area (Å²) in [7, 11) is -0.175. The smallest absolute Gasteiger partial charge is 0.331 e. The van der Waals surface area contributed by atoms with Crippen molar-refractivity contribution in [1.82, 2.24) is 0 Å². The van der Waals surface area contributed by atoms with E-state index in [1.54, 1.807) is 24.3 Å². The first kappa shape index (κ1) is 11.9. The predicted octanol–water partition coefficient (Wildman–Crippen LogP) is 2.13. The second kappa shape index (κ2) is 5.68. The van der Waals surface area contributed by atoms with E-state index in [9.17, 15) is 9.00 Å². The summed E-state index contributed by atoms with van der Waals surface area (Å²) in [4.78, 5) is 11.2. The fourth-order valence-corrected chi connectivity index (χ4v) is 2.08. The van der Waals surface area contributed by atoms with Crippen LogP contribution in [0.4, 0.5) is 0 Å². The molecule has 1 atom stereocenters. The summed E-state index contributed by atoms with van der Waals surface area (Å²) in [6, 6.07) is 6.75. The van der Waals surface area contributed by atoms with Gasteiger partial charge in [0, 0.05) is 11.5 Å². The molecule has 15 heavy (non-hydrogen) atoms. The zero-order valence-electron chi connectivity index (χ0n) is 7.98. The number of hydrogen-bond acceptors (Lipinski definition) is 3. The number of benzene rings is 1. The molecule has 3 nitrogen and oxygen atoms in total. The van der Waals surface area contributed by atoms with Crippen LogP contribution in [0.1, 0.15) is 0 Å². The summed E-state index contributed by atoms with van der Waals surface area (Å²) in [5, 5.41) is 1.65. The molecule has 0 saturated carbocycles. The van der Waals surface area contributed by atoms with E-state index in [0.717, 1.165) is 6.08 Å². The van der Waals surface area contributed by atoms with Crippen LogP contribution in [0.15, 0.2) is 40.6 Å². The van der Waals surface area contributed by atoms with Crippen molar-refractivity contribution in [2.75, 3.05) is 7.11 Å². The molecule has 0 N–H and O–H groups in total. The van der Waals surface area contributed by atoms with Gasteiger partial charge in [-0.3, -0.25) is 0 Å². The van der Waals surface area contributed by atoms with Gasteiger partial charge in [-0.15, -0.1) is 0 Å². The van der Waals surface area contributed by atoms with Gasteiger partial charge < -0.3 is 4.74 Å². The number of ether oxygens (including phenoxy) is 1. The highest BCUT2D eigenvalue weighted by atomic mass is 35.5. The van der Waals surface area contributed by atoms with Crippen molar-refractivity contribution in [3.63, 3.8) is 0 Å².